The molecule has 6 heteroatoms. The Morgan fingerprint density at radius 3 is 2.30 bits per heavy atom. The van der Waals surface area contributed by atoms with E-state index in [9.17, 15) is 9.59 Å². The van der Waals surface area contributed by atoms with E-state index >= 15 is 0 Å². The molecule has 0 atom stereocenters. The molecule has 23 heavy (non-hydrogen) atoms. The van der Waals surface area contributed by atoms with E-state index in [0.29, 0.717) is 17.7 Å². The van der Waals surface area contributed by atoms with Crippen molar-refractivity contribution in [2.75, 3.05) is 18.9 Å². The summed E-state index contributed by atoms with van der Waals surface area (Å²) in [6, 6.07) is 10.9. The number of imide groups is 1. The van der Waals surface area contributed by atoms with Crippen molar-refractivity contribution in [3.8, 4) is 0 Å². The monoisotopic (exact) mass is 375 g/mol. The van der Waals surface area contributed by atoms with Gasteiger partial charge in [0.05, 0.1) is 16.8 Å². The maximum atomic E-state index is 12.2. The molecule has 120 valence electrons. The minimum atomic E-state index is -0.186. The third-order valence-corrected chi connectivity index (χ3v) is 3.82. The lowest BCUT2D eigenvalue weighted by atomic mass is 10.1. The molecule has 0 fully saturated rings. The van der Waals surface area contributed by atoms with E-state index in [1.165, 1.54) is 4.90 Å². The Balaban J connectivity index is 0.00000192. The molecule has 0 aliphatic carbocycles. The smallest absolute Gasteiger partial charge is 0.261 e. The third kappa shape index (κ3) is 3.42. The van der Waals surface area contributed by atoms with Gasteiger partial charge < -0.3 is 22.3 Å². The van der Waals surface area contributed by atoms with Crippen LogP contribution < -0.4 is 26.9 Å². The van der Waals surface area contributed by atoms with E-state index in [2.05, 4.69) is 5.32 Å². The Hall–Kier alpha value is -2.21. The average molecular weight is 376 g/mol. The minimum Gasteiger partial charge on any atom is -1.00 e. The zero-order valence-electron chi connectivity index (χ0n) is 12.8. The summed E-state index contributed by atoms with van der Waals surface area (Å²) in [4.78, 5) is 25.8. The highest BCUT2D eigenvalue weighted by molar-refractivity contribution is 6.21. The molecule has 0 spiro atoms. The fraction of sp³-hybridized carbons (Fsp3) is 0.235. The number of hydrogen-bond donors (Lipinski definition) is 1. The molecule has 1 aromatic carbocycles. The van der Waals surface area contributed by atoms with E-state index in [4.69, 9.17) is 0 Å². The highest BCUT2D eigenvalue weighted by Crippen LogP contribution is 2.22. The standard InChI is InChI=1S/C17H18N3O2.BrH/c1-18-13-6-4-9-19(12-13)10-5-11-20-16(21)14-7-2-3-8-15(14)17(20)22;/h2-4,6-9,12,18H,5,10-11H2,1H3;1H/q+1;/p-1. The van der Waals surface area contributed by atoms with E-state index in [-0.39, 0.29) is 28.8 Å². The molecule has 3 rings (SSSR count). The van der Waals surface area contributed by atoms with Crippen molar-refractivity contribution in [3.05, 3.63) is 59.9 Å². The highest BCUT2D eigenvalue weighted by atomic mass is 79.9. The van der Waals surface area contributed by atoms with Crippen LogP contribution in [0.4, 0.5) is 5.69 Å². The van der Waals surface area contributed by atoms with Crippen molar-refractivity contribution in [3.63, 3.8) is 0 Å². The molecule has 1 aliphatic rings. The lowest BCUT2D eigenvalue weighted by Crippen LogP contribution is -3.00. The SMILES string of the molecule is CNc1ccc[n+](CCCN2C(=O)c3ccccc3C2=O)c1.[Br-]. The number of hydrogen-bond acceptors (Lipinski definition) is 3. The van der Waals surface area contributed by atoms with Gasteiger partial charge in [0.25, 0.3) is 11.8 Å². The maximum Gasteiger partial charge on any atom is 0.261 e. The fourth-order valence-corrected chi connectivity index (χ4v) is 2.66. The number of halogens is 1. The van der Waals surface area contributed by atoms with Gasteiger partial charge in [-0.25, -0.2) is 4.57 Å². The van der Waals surface area contributed by atoms with Crippen LogP contribution in [-0.4, -0.2) is 30.3 Å². The quantitative estimate of drug-likeness (QED) is 0.522. The molecular formula is C17H18BrN3O2. The largest absolute Gasteiger partial charge is 1.00 e. The van der Waals surface area contributed by atoms with Crippen LogP contribution in [0.5, 0.6) is 0 Å². The van der Waals surface area contributed by atoms with Gasteiger partial charge in [-0.1, -0.05) is 12.1 Å². The topological polar surface area (TPSA) is 53.3 Å². The molecule has 2 aromatic rings. The van der Waals surface area contributed by atoms with Crippen molar-refractivity contribution in [1.29, 1.82) is 0 Å². The molecule has 5 nitrogen and oxygen atoms in total. The molecule has 0 saturated heterocycles. The number of amides is 2. The van der Waals surface area contributed by atoms with Crippen LogP contribution in [0, 0.1) is 0 Å². The molecule has 0 bridgehead atoms. The van der Waals surface area contributed by atoms with Gasteiger partial charge >= 0.3 is 0 Å². The number of fused-ring (bicyclic) bond motifs is 1. The van der Waals surface area contributed by atoms with Gasteiger partial charge in [-0.3, -0.25) is 14.5 Å². The van der Waals surface area contributed by atoms with Crippen molar-refractivity contribution in [2.24, 2.45) is 0 Å². The number of rotatable bonds is 5. The summed E-state index contributed by atoms with van der Waals surface area (Å²) in [5, 5.41) is 3.09. The van der Waals surface area contributed by atoms with Crippen LogP contribution in [0.1, 0.15) is 27.1 Å². The summed E-state index contributed by atoms with van der Waals surface area (Å²) in [6.07, 6.45) is 4.70. The number of pyridine rings is 1. The number of aryl methyl sites for hydroxylation is 1. The Bertz CT molecular complexity index is 698. The second-order valence-corrected chi connectivity index (χ2v) is 5.24. The number of carbonyl (C=O) groups excluding carboxylic acids is 2. The summed E-state index contributed by atoms with van der Waals surface area (Å²) in [5.41, 5.74) is 2.05. The van der Waals surface area contributed by atoms with Crippen LogP contribution in [-0.2, 0) is 6.54 Å². The molecule has 1 N–H and O–H groups in total. The molecule has 0 saturated carbocycles. The first kappa shape index (κ1) is 17.1. The predicted molar refractivity (Wildman–Crippen MR) is 82.6 cm³/mol. The van der Waals surface area contributed by atoms with Crippen molar-refractivity contribution < 1.29 is 31.1 Å². The Morgan fingerprint density at radius 2 is 1.70 bits per heavy atom. The second kappa shape index (κ2) is 7.37. The summed E-state index contributed by atoms with van der Waals surface area (Å²) in [5.74, 6) is -0.371. The number of benzene rings is 1. The summed E-state index contributed by atoms with van der Waals surface area (Å²) < 4.78 is 2.05. The Kier molecular flexibility index (Phi) is 5.50. The first-order chi connectivity index (χ1) is 10.7. The number of nitrogens with one attached hydrogen (secondary N) is 1. The molecule has 0 unspecified atom stereocenters. The zero-order valence-corrected chi connectivity index (χ0v) is 14.4. The molecule has 0 radical (unpaired) electrons. The zero-order chi connectivity index (χ0) is 15.5. The van der Waals surface area contributed by atoms with Crippen LogP contribution in [0.25, 0.3) is 0 Å². The van der Waals surface area contributed by atoms with E-state index in [1.807, 2.05) is 36.1 Å². The average Bonchev–Trinajstić information content (AvgIpc) is 2.80. The van der Waals surface area contributed by atoms with E-state index in [1.54, 1.807) is 24.3 Å². The first-order valence-corrected chi connectivity index (χ1v) is 7.33. The maximum absolute atomic E-state index is 12.2. The third-order valence-electron chi connectivity index (χ3n) is 3.82. The Labute approximate surface area is 145 Å². The van der Waals surface area contributed by atoms with Gasteiger partial charge in [0.1, 0.15) is 6.54 Å². The van der Waals surface area contributed by atoms with Crippen LogP contribution in [0.15, 0.2) is 48.8 Å². The van der Waals surface area contributed by atoms with Crippen LogP contribution >= 0.6 is 0 Å². The number of carbonyl (C=O) groups is 2. The fourth-order valence-electron chi connectivity index (χ4n) is 2.66. The van der Waals surface area contributed by atoms with Crippen LogP contribution in [0.2, 0.25) is 0 Å². The van der Waals surface area contributed by atoms with Gasteiger partial charge in [-0.2, -0.15) is 0 Å². The minimum absolute atomic E-state index is 0. The van der Waals surface area contributed by atoms with Crippen molar-refractivity contribution in [2.45, 2.75) is 13.0 Å². The van der Waals surface area contributed by atoms with Gasteiger partial charge in [0, 0.05) is 26.1 Å². The van der Waals surface area contributed by atoms with Crippen molar-refractivity contribution in [1.82, 2.24) is 4.90 Å². The van der Waals surface area contributed by atoms with Gasteiger partial charge in [0.2, 0.25) is 0 Å². The van der Waals surface area contributed by atoms with Crippen molar-refractivity contribution >= 4 is 17.5 Å². The second-order valence-electron chi connectivity index (χ2n) is 5.24. The predicted octanol–water partition coefficient (Wildman–Crippen LogP) is -1.29. The highest BCUT2D eigenvalue weighted by Gasteiger charge is 2.34. The van der Waals surface area contributed by atoms with Crippen LogP contribution in [0.3, 0.4) is 0 Å². The first-order valence-electron chi connectivity index (χ1n) is 7.33. The molecular weight excluding hydrogens is 358 g/mol. The summed E-state index contributed by atoms with van der Waals surface area (Å²) in [7, 11) is 1.87. The molecule has 2 heterocycles. The van der Waals surface area contributed by atoms with Gasteiger partial charge in [0.15, 0.2) is 12.4 Å². The molecule has 2 amide bonds. The summed E-state index contributed by atoms with van der Waals surface area (Å²) >= 11 is 0. The lowest BCUT2D eigenvalue weighted by Gasteiger charge is -2.12. The van der Waals surface area contributed by atoms with E-state index < -0.39 is 0 Å². The molecule has 1 aliphatic heterocycles. The molecule has 1 aromatic heterocycles. The van der Waals surface area contributed by atoms with E-state index in [0.717, 1.165) is 18.7 Å². The lowest BCUT2D eigenvalue weighted by molar-refractivity contribution is -0.696. The van der Waals surface area contributed by atoms with Gasteiger partial charge in [-0.15, -0.1) is 0 Å². The summed E-state index contributed by atoms with van der Waals surface area (Å²) in [6.45, 7) is 1.19. The number of aromatic nitrogens is 1. The number of nitrogens with zero attached hydrogens (tertiary/aromatic N) is 2. The number of anilines is 1. The van der Waals surface area contributed by atoms with Gasteiger partial charge in [-0.05, 0) is 18.2 Å². The Morgan fingerprint density at radius 1 is 1.04 bits per heavy atom. The normalized spacial score (nSPS) is 12.8.